The molecule has 1 heterocycles. The van der Waals surface area contributed by atoms with Gasteiger partial charge in [-0.3, -0.25) is 0 Å². The molecule has 4 heteroatoms. The van der Waals surface area contributed by atoms with Gasteiger partial charge in [0.25, 0.3) is 0 Å². The summed E-state index contributed by atoms with van der Waals surface area (Å²) >= 11 is 0. The van der Waals surface area contributed by atoms with Gasteiger partial charge in [-0.2, -0.15) is 0 Å². The Bertz CT molecular complexity index is 429. The van der Waals surface area contributed by atoms with Crippen LogP contribution >= 0.6 is 0 Å². The molecule has 0 spiro atoms. The molecule has 22 heavy (non-hydrogen) atoms. The molecule has 2 atom stereocenters. The third kappa shape index (κ3) is 6.03. The molecule has 1 aliphatic heterocycles. The lowest BCUT2D eigenvalue weighted by molar-refractivity contribution is 0.0892. The van der Waals surface area contributed by atoms with Crippen molar-refractivity contribution in [2.24, 2.45) is 5.92 Å². The molecular formula is C18H29FN2O. The van der Waals surface area contributed by atoms with Crippen LogP contribution in [-0.2, 0) is 6.42 Å². The van der Waals surface area contributed by atoms with Gasteiger partial charge in [-0.05, 0) is 62.9 Å². The fourth-order valence-corrected chi connectivity index (χ4v) is 2.99. The van der Waals surface area contributed by atoms with Crippen LogP contribution in [0.4, 0.5) is 4.39 Å². The first-order valence-electron chi connectivity index (χ1n) is 8.41. The molecule has 2 N–H and O–H groups in total. The largest absolute Gasteiger partial charge is 0.390 e. The first-order valence-corrected chi connectivity index (χ1v) is 8.41. The van der Waals surface area contributed by atoms with E-state index in [1.54, 1.807) is 0 Å². The summed E-state index contributed by atoms with van der Waals surface area (Å²) in [6, 6.07) is 6.89. The molecule has 1 aromatic rings. The second kappa shape index (κ2) is 8.61. The first-order chi connectivity index (χ1) is 10.5. The third-order valence-electron chi connectivity index (χ3n) is 4.50. The second-order valence-corrected chi connectivity index (χ2v) is 6.78. The normalized spacial score (nSPS) is 20.0. The molecule has 1 fully saturated rings. The number of β-amino-alcohol motifs (C(OH)–C–C–N with tert-alkyl or cyclic N) is 1. The van der Waals surface area contributed by atoms with E-state index in [-0.39, 0.29) is 18.0 Å². The van der Waals surface area contributed by atoms with E-state index < -0.39 is 0 Å². The molecular weight excluding hydrogens is 279 g/mol. The quantitative estimate of drug-likeness (QED) is 0.812. The Labute approximate surface area is 133 Å². The average molecular weight is 308 g/mol. The molecule has 2 unspecified atom stereocenters. The Hall–Kier alpha value is -0.970. The summed E-state index contributed by atoms with van der Waals surface area (Å²) in [6.07, 6.45) is 2.99. The minimum Gasteiger partial charge on any atom is -0.390 e. The fourth-order valence-electron chi connectivity index (χ4n) is 2.99. The summed E-state index contributed by atoms with van der Waals surface area (Å²) in [5.41, 5.74) is 1.11. The Morgan fingerprint density at radius 1 is 1.27 bits per heavy atom. The monoisotopic (exact) mass is 308 g/mol. The molecule has 0 amide bonds. The predicted octanol–water partition coefficient (Wildman–Crippen LogP) is 2.44. The van der Waals surface area contributed by atoms with E-state index in [2.05, 4.69) is 24.1 Å². The number of likely N-dealkylation sites (tertiary alicyclic amines) is 1. The van der Waals surface area contributed by atoms with E-state index in [9.17, 15) is 9.50 Å². The number of hydrogen-bond donors (Lipinski definition) is 2. The zero-order valence-electron chi connectivity index (χ0n) is 13.8. The number of nitrogens with one attached hydrogen (secondary N) is 1. The van der Waals surface area contributed by atoms with Crippen molar-refractivity contribution in [1.29, 1.82) is 0 Å². The lowest BCUT2D eigenvalue weighted by Crippen LogP contribution is -2.43. The zero-order chi connectivity index (χ0) is 15.9. The van der Waals surface area contributed by atoms with Crippen LogP contribution in [0.3, 0.4) is 0 Å². The van der Waals surface area contributed by atoms with Crippen molar-refractivity contribution in [3.63, 3.8) is 0 Å². The van der Waals surface area contributed by atoms with Gasteiger partial charge >= 0.3 is 0 Å². The van der Waals surface area contributed by atoms with Crippen LogP contribution in [0.2, 0.25) is 0 Å². The maximum atomic E-state index is 12.9. The highest BCUT2D eigenvalue weighted by atomic mass is 19.1. The summed E-state index contributed by atoms with van der Waals surface area (Å²) < 4.78 is 12.9. The van der Waals surface area contributed by atoms with Crippen LogP contribution in [-0.4, -0.2) is 48.3 Å². The van der Waals surface area contributed by atoms with Crippen LogP contribution in [0.5, 0.6) is 0 Å². The van der Waals surface area contributed by atoms with Crippen molar-refractivity contribution in [3.05, 3.63) is 35.6 Å². The fraction of sp³-hybridized carbons (Fsp3) is 0.667. The number of nitrogens with zero attached hydrogens (tertiary/aromatic N) is 1. The SMILES string of the molecule is CC1CCN(CC(O)CNC(C)Cc2ccc(F)cc2)CC1. The van der Waals surface area contributed by atoms with E-state index in [0.29, 0.717) is 6.54 Å². The number of halogens is 1. The van der Waals surface area contributed by atoms with Gasteiger partial charge in [-0.1, -0.05) is 19.1 Å². The molecule has 1 aromatic carbocycles. The standard InChI is InChI=1S/C18H29FN2O/c1-14-7-9-21(10-8-14)13-18(22)12-20-15(2)11-16-3-5-17(19)6-4-16/h3-6,14-15,18,20,22H,7-13H2,1-2H3. The van der Waals surface area contributed by atoms with Crippen molar-refractivity contribution in [2.75, 3.05) is 26.2 Å². The molecule has 0 radical (unpaired) electrons. The van der Waals surface area contributed by atoms with Gasteiger partial charge in [0.1, 0.15) is 5.82 Å². The van der Waals surface area contributed by atoms with Gasteiger partial charge in [0.2, 0.25) is 0 Å². The van der Waals surface area contributed by atoms with E-state index >= 15 is 0 Å². The summed E-state index contributed by atoms with van der Waals surface area (Å²) in [5, 5.41) is 13.5. The third-order valence-corrected chi connectivity index (χ3v) is 4.50. The highest BCUT2D eigenvalue weighted by Gasteiger charge is 2.18. The predicted molar refractivity (Wildman–Crippen MR) is 88.4 cm³/mol. The number of hydrogen-bond acceptors (Lipinski definition) is 3. The van der Waals surface area contributed by atoms with Crippen LogP contribution in [0, 0.1) is 11.7 Å². The number of piperidine rings is 1. The lowest BCUT2D eigenvalue weighted by atomic mass is 9.99. The number of aliphatic hydroxyl groups excluding tert-OH is 1. The Kier molecular flexibility index (Phi) is 6.80. The van der Waals surface area contributed by atoms with Crippen molar-refractivity contribution in [2.45, 2.75) is 45.3 Å². The van der Waals surface area contributed by atoms with Crippen LogP contribution in [0.25, 0.3) is 0 Å². The average Bonchev–Trinajstić information content (AvgIpc) is 2.50. The van der Waals surface area contributed by atoms with Crippen LogP contribution in [0.15, 0.2) is 24.3 Å². The van der Waals surface area contributed by atoms with E-state index in [1.165, 1.54) is 25.0 Å². The van der Waals surface area contributed by atoms with Gasteiger partial charge in [0.15, 0.2) is 0 Å². The highest BCUT2D eigenvalue weighted by Crippen LogP contribution is 2.15. The van der Waals surface area contributed by atoms with Gasteiger partial charge in [-0.15, -0.1) is 0 Å². The zero-order valence-corrected chi connectivity index (χ0v) is 13.8. The van der Waals surface area contributed by atoms with Crippen molar-refractivity contribution in [3.8, 4) is 0 Å². The summed E-state index contributed by atoms with van der Waals surface area (Å²) in [6.45, 7) is 7.95. The van der Waals surface area contributed by atoms with E-state index in [0.717, 1.165) is 37.5 Å². The van der Waals surface area contributed by atoms with Crippen LogP contribution in [0.1, 0.15) is 32.3 Å². The van der Waals surface area contributed by atoms with Crippen molar-refractivity contribution in [1.82, 2.24) is 10.2 Å². The molecule has 0 saturated carbocycles. The molecule has 0 aliphatic carbocycles. The van der Waals surface area contributed by atoms with Crippen LogP contribution < -0.4 is 5.32 Å². The number of aliphatic hydroxyl groups is 1. The Morgan fingerprint density at radius 3 is 2.55 bits per heavy atom. The van der Waals surface area contributed by atoms with E-state index in [4.69, 9.17) is 0 Å². The molecule has 1 aliphatic rings. The molecule has 0 bridgehead atoms. The molecule has 2 rings (SSSR count). The van der Waals surface area contributed by atoms with Gasteiger partial charge < -0.3 is 15.3 Å². The smallest absolute Gasteiger partial charge is 0.123 e. The molecule has 0 aromatic heterocycles. The molecule has 3 nitrogen and oxygen atoms in total. The minimum atomic E-state index is -0.330. The highest BCUT2D eigenvalue weighted by molar-refractivity contribution is 5.16. The molecule has 1 saturated heterocycles. The first kappa shape index (κ1) is 17.4. The van der Waals surface area contributed by atoms with E-state index in [1.807, 2.05) is 12.1 Å². The number of benzene rings is 1. The lowest BCUT2D eigenvalue weighted by Gasteiger charge is -2.32. The van der Waals surface area contributed by atoms with Crippen molar-refractivity contribution >= 4 is 0 Å². The van der Waals surface area contributed by atoms with Crippen molar-refractivity contribution < 1.29 is 9.50 Å². The van der Waals surface area contributed by atoms with Gasteiger partial charge in [0.05, 0.1) is 6.10 Å². The Morgan fingerprint density at radius 2 is 1.91 bits per heavy atom. The minimum absolute atomic E-state index is 0.198. The van der Waals surface area contributed by atoms with Gasteiger partial charge in [-0.25, -0.2) is 4.39 Å². The van der Waals surface area contributed by atoms with Gasteiger partial charge in [0, 0.05) is 19.1 Å². The number of rotatable bonds is 7. The Balaban J connectivity index is 1.64. The summed E-state index contributed by atoms with van der Waals surface area (Å²) in [4.78, 5) is 2.36. The summed E-state index contributed by atoms with van der Waals surface area (Å²) in [7, 11) is 0. The summed E-state index contributed by atoms with van der Waals surface area (Å²) in [5.74, 6) is 0.623. The maximum absolute atomic E-state index is 12.9. The molecule has 124 valence electrons. The second-order valence-electron chi connectivity index (χ2n) is 6.78. The topological polar surface area (TPSA) is 35.5 Å². The maximum Gasteiger partial charge on any atom is 0.123 e.